The van der Waals surface area contributed by atoms with E-state index in [-0.39, 0.29) is 12.0 Å². The van der Waals surface area contributed by atoms with Crippen molar-refractivity contribution >= 4 is 28.0 Å². The van der Waals surface area contributed by atoms with Gasteiger partial charge in [0.05, 0.1) is 23.6 Å². The summed E-state index contributed by atoms with van der Waals surface area (Å²) in [6, 6.07) is 37.7. The molecular formula is C62H64N4. The first kappa shape index (κ1) is 42.1. The van der Waals surface area contributed by atoms with E-state index in [1.165, 1.54) is 81.1 Å². The van der Waals surface area contributed by atoms with Crippen LogP contribution in [0.15, 0.2) is 206 Å². The van der Waals surface area contributed by atoms with E-state index in [0.29, 0.717) is 23.9 Å². The number of allylic oxidation sites excluding steroid dienone is 10. The van der Waals surface area contributed by atoms with E-state index in [9.17, 15) is 0 Å². The van der Waals surface area contributed by atoms with Crippen molar-refractivity contribution in [3.8, 4) is 5.69 Å². The van der Waals surface area contributed by atoms with Gasteiger partial charge in [0.15, 0.2) is 0 Å². The summed E-state index contributed by atoms with van der Waals surface area (Å²) >= 11 is 0. The van der Waals surface area contributed by atoms with E-state index in [2.05, 4.69) is 216 Å². The Balaban J connectivity index is 0.880. The molecular weight excluding hydrogens is 801 g/mol. The SMILES string of the molecule is C=C/C(=C\C=C/C)N1c2ccccc2C2C=C(N(C3=CCC(c4ccc(N(c5ccc6c(c5)c5c(n6-c6ccccc6)CCC(C)C5)C5C=CCCC5)cc4)C=C3)C3C=CCCC3)C=CC21. The minimum atomic E-state index is 0.205. The lowest BCUT2D eigenvalue weighted by atomic mass is 9.87. The second-order valence-electron chi connectivity index (χ2n) is 19.4. The summed E-state index contributed by atoms with van der Waals surface area (Å²) in [6.45, 7) is 8.71. The predicted molar refractivity (Wildman–Crippen MR) is 279 cm³/mol. The average molecular weight is 865 g/mol. The number of aromatic nitrogens is 1. The molecule has 1 aliphatic heterocycles. The van der Waals surface area contributed by atoms with Crippen LogP contribution in [0.5, 0.6) is 0 Å². The van der Waals surface area contributed by atoms with Crippen LogP contribution < -0.4 is 9.80 Å². The molecule has 2 heterocycles. The number of hydrogen-bond donors (Lipinski definition) is 0. The van der Waals surface area contributed by atoms with Gasteiger partial charge in [-0.1, -0.05) is 123 Å². The normalized spacial score (nSPS) is 24.5. The Bertz CT molecular complexity index is 2860. The number of nitrogens with zero attached hydrogens (tertiary/aromatic N) is 4. The summed E-state index contributed by atoms with van der Waals surface area (Å²) in [5.74, 6) is 1.27. The number of hydrogen-bond acceptors (Lipinski definition) is 3. The van der Waals surface area contributed by atoms with Crippen LogP contribution >= 0.6 is 0 Å². The fourth-order valence-corrected chi connectivity index (χ4v) is 12.0. The Kier molecular flexibility index (Phi) is 11.7. The molecule has 4 nitrogen and oxygen atoms in total. The molecule has 6 atom stereocenters. The minimum absolute atomic E-state index is 0.205. The number of rotatable bonds is 11. The minimum Gasteiger partial charge on any atom is -0.335 e. The number of benzene rings is 4. The third kappa shape index (κ3) is 7.78. The van der Waals surface area contributed by atoms with E-state index in [0.717, 1.165) is 50.6 Å². The van der Waals surface area contributed by atoms with Gasteiger partial charge in [-0.3, -0.25) is 0 Å². The maximum atomic E-state index is 4.22. The van der Waals surface area contributed by atoms with Gasteiger partial charge in [-0.25, -0.2) is 0 Å². The largest absolute Gasteiger partial charge is 0.335 e. The van der Waals surface area contributed by atoms with Gasteiger partial charge in [0, 0.05) is 62.8 Å². The van der Waals surface area contributed by atoms with Crippen LogP contribution in [0.2, 0.25) is 0 Å². The quantitative estimate of drug-likeness (QED) is 0.0971. The smallest absolute Gasteiger partial charge is 0.0631 e. The lowest BCUT2D eigenvalue weighted by Gasteiger charge is -2.39. The molecule has 0 fully saturated rings. The molecule has 0 saturated heterocycles. The van der Waals surface area contributed by atoms with Crippen molar-refractivity contribution in [1.82, 2.24) is 9.47 Å². The summed E-state index contributed by atoms with van der Waals surface area (Å²) in [6.07, 6.45) is 44.4. The Hall–Kier alpha value is -6.52. The van der Waals surface area contributed by atoms with Gasteiger partial charge >= 0.3 is 0 Å². The van der Waals surface area contributed by atoms with Crippen LogP contribution in [0.1, 0.15) is 99.4 Å². The molecule has 0 saturated carbocycles. The summed E-state index contributed by atoms with van der Waals surface area (Å²) in [4.78, 5) is 7.72. The Morgan fingerprint density at radius 2 is 1.50 bits per heavy atom. The second kappa shape index (κ2) is 18.4. The van der Waals surface area contributed by atoms with Gasteiger partial charge < -0.3 is 19.3 Å². The van der Waals surface area contributed by atoms with E-state index >= 15 is 0 Å². The fraction of sp³-hybridized carbons (Fsp3) is 0.290. The van der Waals surface area contributed by atoms with Crippen molar-refractivity contribution in [2.24, 2.45) is 5.92 Å². The third-order valence-electron chi connectivity index (χ3n) is 15.2. The molecule has 0 amide bonds. The van der Waals surface area contributed by atoms with Gasteiger partial charge in [-0.15, -0.1) is 0 Å². The lowest BCUT2D eigenvalue weighted by Crippen LogP contribution is -2.37. The molecule has 0 bridgehead atoms. The molecule has 6 unspecified atom stereocenters. The number of para-hydroxylation sites is 2. The lowest BCUT2D eigenvalue weighted by molar-refractivity contribution is 0.344. The van der Waals surface area contributed by atoms with Crippen molar-refractivity contribution in [2.45, 2.75) is 108 Å². The van der Waals surface area contributed by atoms with Gasteiger partial charge in [-0.05, 0) is 167 Å². The zero-order valence-corrected chi connectivity index (χ0v) is 38.9. The van der Waals surface area contributed by atoms with Crippen LogP contribution in [0.25, 0.3) is 16.6 Å². The third-order valence-corrected chi connectivity index (χ3v) is 15.2. The Labute approximate surface area is 393 Å². The van der Waals surface area contributed by atoms with Gasteiger partial charge in [-0.2, -0.15) is 0 Å². The highest BCUT2D eigenvalue weighted by Gasteiger charge is 2.40. The molecule has 4 aromatic carbocycles. The molecule has 1 aromatic heterocycles. The van der Waals surface area contributed by atoms with Gasteiger partial charge in [0.25, 0.3) is 0 Å². The van der Waals surface area contributed by atoms with Crippen molar-refractivity contribution in [3.05, 3.63) is 228 Å². The second-order valence-corrected chi connectivity index (χ2v) is 19.4. The molecule has 0 spiro atoms. The monoisotopic (exact) mass is 865 g/mol. The maximum absolute atomic E-state index is 4.22. The van der Waals surface area contributed by atoms with Crippen LogP contribution in [0.4, 0.5) is 17.1 Å². The standard InChI is InChI=1S/C62H64N4/c1-4-6-18-47(5-2)65-59-26-17-16-25-55(59)57-42-53(36-39-61(57)65)63(48-19-10-7-11-20-48)51-32-28-45(29-33-51)46-30-34-52(35-31-46)64(49-21-12-8-13-22-49)54-37-40-62-58(43-54)56-41-44(3)27-38-60(56)66(62)50-23-14-9-15-24-50/h4-6,9-10,12,14-19,21,23-26,28,30-37,39-40,42-45,48-49,57,61H,2,7-8,11,13,20,22,27,29,38,41H2,1,3H3/b6-4-,47-18+. The molecule has 6 aliphatic rings. The first-order chi connectivity index (χ1) is 32.6. The molecule has 0 radical (unpaired) electrons. The zero-order chi connectivity index (χ0) is 44.6. The average Bonchev–Trinajstić information content (AvgIpc) is 3.87. The van der Waals surface area contributed by atoms with E-state index in [1.54, 1.807) is 5.56 Å². The molecule has 5 aromatic rings. The van der Waals surface area contributed by atoms with Crippen LogP contribution in [-0.2, 0) is 12.8 Å². The molecule has 4 heteroatoms. The highest BCUT2D eigenvalue weighted by atomic mass is 15.2. The molecule has 332 valence electrons. The first-order valence-electron chi connectivity index (χ1n) is 24.9. The van der Waals surface area contributed by atoms with Crippen LogP contribution in [0.3, 0.4) is 0 Å². The van der Waals surface area contributed by atoms with Gasteiger partial charge in [0.2, 0.25) is 0 Å². The molecule has 11 rings (SSSR count). The van der Waals surface area contributed by atoms with Crippen molar-refractivity contribution in [3.63, 3.8) is 0 Å². The van der Waals surface area contributed by atoms with Crippen molar-refractivity contribution in [1.29, 1.82) is 0 Å². The maximum Gasteiger partial charge on any atom is 0.0631 e. The fourth-order valence-electron chi connectivity index (χ4n) is 12.0. The molecule has 0 N–H and O–H groups in total. The number of fused-ring (bicyclic) bond motifs is 6. The summed E-state index contributed by atoms with van der Waals surface area (Å²) in [7, 11) is 0. The molecule has 66 heavy (non-hydrogen) atoms. The Morgan fingerprint density at radius 3 is 2.23 bits per heavy atom. The summed E-state index contributed by atoms with van der Waals surface area (Å²) in [5, 5.41) is 1.42. The number of anilines is 3. The van der Waals surface area contributed by atoms with E-state index in [1.807, 2.05) is 6.08 Å². The first-order valence-corrected chi connectivity index (χ1v) is 24.9. The van der Waals surface area contributed by atoms with Crippen molar-refractivity contribution in [2.75, 3.05) is 9.80 Å². The van der Waals surface area contributed by atoms with Gasteiger partial charge in [0.1, 0.15) is 0 Å². The zero-order valence-electron chi connectivity index (χ0n) is 38.9. The topological polar surface area (TPSA) is 14.7 Å². The predicted octanol–water partition coefficient (Wildman–Crippen LogP) is 15.4. The molecule has 5 aliphatic carbocycles. The van der Waals surface area contributed by atoms with Crippen LogP contribution in [0, 0.1) is 5.92 Å². The van der Waals surface area contributed by atoms with Crippen LogP contribution in [-0.4, -0.2) is 27.6 Å². The van der Waals surface area contributed by atoms with Crippen molar-refractivity contribution < 1.29 is 0 Å². The Morgan fingerprint density at radius 1 is 0.758 bits per heavy atom. The highest BCUT2D eigenvalue weighted by Crippen LogP contribution is 2.48. The highest BCUT2D eigenvalue weighted by molar-refractivity contribution is 5.91. The summed E-state index contributed by atoms with van der Waals surface area (Å²) < 4.78 is 2.55. The van der Waals surface area contributed by atoms with E-state index in [4.69, 9.17) is 0 Å². The van der Waals surface area contributed by atoms with E-state index < -0.39 is 0 Å². The summed E-state index contributed by atoms with van der Waals surface area (Å²) in [5.41, 5.74) is 15.9.